The van der Waals surface area contributed by atoms with E-state index in [1.54, 1.807) is 0 Å². The third-order valence-corrected chi connectivity index (χ3v) is 7.98. The summed E-state index contributed by atoms with van der Waals surface area (Å²) in [5, 5.41) is 41.5. The summed E-state index contributed by atoms with van der Waals surface area (Å²) >= 11 is 0. The molecule has 8 atom stereocenters. The molecule has 4 N–H and O–H groups in total. The van der Waals surface area contributed by atoms with Crippen LogP contribution in [0.15, 0.2) is 11.1 Å². The number of aliphatic hydroxyl groups excluding tert-OH is 3. The SMILES string of the molecule is C[C@@H](CO)C1=C2[C@H]3C[C@H]4O[C@](O)([C@H](O)[C@@H]4CO)[C@]3(C)CC[C@@]2(C)CC1=O. The van der Waals surface area contributed by atoms with Gasteiger partial charge in [-0.1, -0.05) is 26.3 Å². The van der Waals surface area contributed by atoms with Gasteiger partial charge in [0.15, 0.2) is 11.6 Å². The maximum absolute atomic E-state index is 12.8. The van der Waals surface area contributed by atoms with Crippen molar-refractivity contribution in [3.05, 3.63) is 11.1 Å². The van der Waals surface area contributed by atoms with Gasteiger partial charge in [0.2, 0.25) is 0 Å². The van der Waals surface area contributed by atoms with Gasteiger partial charge in [0.25, 0.3) is 0 Å². The van der Waals surface area contributed by atoms with E-state index in [0.717, 1.165) is 12.0 Å². The molecule has 2 aliphatic heterocycles. The van der Waals surface area contributed by atoms with Gasteiger partial charge in [-0.05, 0) is 30.6 Å². The van der Waals surface area contributed by atoms with Crippen molar-refractivity contribution >= 4 is 5.78 Å². The van der Waals surface area contributed by atoms with Crippen LogP contribution >= 0.6 is 0 Å². The fourth-order valence-electron chi connectivity index (χ4n) is 6.34. The largest absolute Gasteiger partial charge is 0.396 e. The smallest absolute Gasteiger partial charge is 0.198 e. The summed E-state index contributed by atoms with van der Waals surface area (Å²) < 4.78 is 5.89. The quantitative estimate of drug-likeness (QED) is 0.588. The Balaban J connectivity index is 1.88. The Labute approximate surface area is 153 Å². The number of hydrogen-bond donors (Lipinski definition) is 4. The molecule has 0 aromatic rings. The Hall–Kier alpha value is -0.790. The first kappa shape index (κ1) is 18.6. The van der Waals surface area contributed by atoms with Gasteiger partial charge in [-0.25, -0.2) is 0 Å². The monoisotopic (exact) mass is 366 g/mol. The molecule has 2 saturated heterocycles. The van der Waals surface area contributed by atoms with Crippen LogP contribution < -0.4 is 0 Å². The predicted molar refractivity (Wildman–Crippen MR) is 92.9 cm³/mol. The summed E-state index contributed by atoms with van der Waals surface area (Å²) in [5.74, 6) is -2.49. The summed E-state index contributed by atoms with van der Waals surface area (Å²) in [6.45, 7) is 5.58. The Kier molecular flexibility index (Phi) is 4.01. The van der Waals surface area contributed by atoms with Crippen LogP contribution in [0.3, 0.4) is 0 Å². The second-order valence-electron chi connectivity index (χ2n) is 9.42. The minimum Gasteiger partial charge on any atom is -0.396 e. The Bertz CT molecular complexity index is 673. The van der Waals surface area contributed by atoms with Crippen LogP contribution in [0.2, 0.25) is 0 Å². The molecule has 0 unspecified atom stereocenters. The maximum Gasteiger partial charge on any atom is 0.198 e. The zero-order chi connectivity index (χ0) is 19.1. The highest BCUT2D eigenvalue weighted by Gasteiger charge is 2.71. The first-order valence-electron chi connectivity index (χ1n) is 9.70. The van der Waals surface area contributed by atoms with Crippen molar-refractivity contribution in [1.82, 2.24) is 0 Å². The number of hydrogen-bond acceptors (Lipinski definition) is 6. The molecule has 0 spiro atoms. The maximum atomic E-state index is 12.8. The molecule has 4 rings (SSSR count). The van der Waals surface area contributed by atoms with Crippen LogP contribution in [-0.2, 0) is 9.53 Å². The molecule has 6 nitrogen and oxygen atoms in total. The van der Waals surface area contributed by atoms with Gasteiger partial charge < -0.3 is 25.2 Å². The number of carbonyl (C=O) groups is 1. The average Bonchev–Trinajstić information content (AvgIpc) is 2.98. The van der Waals surface area contributed by atoms with Crippen molar-refractivity contribution in [1.29, 1.82) is 0 Å². The lowest BCUT2D eigenvalue weighted by Gasteiger charge is -2.58. The van der Waals surface area contributed by atoms with Crippen molar-refractivity contribution in [3.63, 3.8) is 0 Å². The Morgan fingerprint density at radius 1 is 1.27 bits per heavy atom. The third kappa shape index (κ3) is 2.02. The average molecular weight is 366 g/mol. The van der Waals surface area contributed by atoms with Crippen molar-refractivity contribution in [2.24, 2.45) is 28.6 Å². The fourth-order valence-corrected chi connectivity index (χ4v) is 6.34. The van der Waals surface area contributed by atoms with Crippen LogP contribution in [-0.4, -0.2) is 57.4 Å². The molecule has 6 heteroatoms. The number of rotatable bonds is 3. The van der Waals surface area contributed by atoms with Gasteiger partial charge >= 0.3 is 0 Å². The zero-order valence-electron chi connectivity index (χ0n) is 15.7. The number of fused-ring (bicyclic) bond motifs is 6. The van der Waals surface area contributed by atoms with E-state index in [4.69, 9.17) is 4.74 Å². The van der Waals surface area contributed by atoms with E-state index < -0.39 is 29.3 Å². The molecule has 3 fully saturated rings. The molecule has 146 valence electrons. The summed E-state index contributed by atoms with van der Waals surface area (Å²) in [7, 11) is 0. The topological polar surface area (TPSA) is 107 Å². The van der Waals surface area contributed by atoms with Crippen LogP contribution in [0.4, 0.5) is 0 Å². The first-order chi connectivity index (χ1) is 12.1. The minimum absolute atomic E-state index is 0.0871. The lowest BCUT2D eigenvalue weighted by molar-refractivity contribution is -0.328. The van der Waals surface area contributed by atoms with Crippen molar-refractivity contribution in [2.75, 3.05) is 13.2 Å². The van der Waals surface area contributed by atoms with E-state index in [1.165, 1.54) is 0 Å². The molecule has 2 bridgehead atoms. The lowest BCUT2D eigenvalue weighted by Crippen LogP contribution is -2.62. The number of aliphatic hydroxyl groups is 4. The van der Waals surface area contributed by atoms with Crippen LogP contribution in [0.5, 0.6) is 0 Å². The molecule has 4 aliphatic rings. The Morgan fingerprint density at radius 2 is 1.96 bits per heavy atom. The van der Waals surface area contributed by atoms with E-state index in [1.807, 2.05) is 13.8 Å². The molecule has 0 aromatic heterocycles. The van der Waals surface area contributed by atoms with Crippen molar-refractivity contribution in [3.8, 4) is 0 Å². The molecule has 2 heterocycles. The molecular formula is C20H30O6. The van der Waals surface area contributed by atoms with Gasteiger partial charge in [-0.3, -0.25) is 4.79 Å². The highest BCUT2D eigenvalue weighted by molar-refractivity contribution is 6.00. The molecule has 0 aromatic carbocycles. The number of allylic oxidation sites excluding steroid dienone is 1. The van der Waals surface area contributed by atoms with Gasteiger partial charge in [0, 0.05) is 35.9 Å². The van der Waals surface area contributed by atoms with E-state index >= 15 is 0 Å². The summed E-state index contributed by atoms with van der Waals surface area (Å²) in [6, 6.07) is 0. The standard InChI is InChI=1S/C20H30O6/c1-10(8-21)15-13(23)7-18(2)4-5-19(3)12(16(15)18)6-14-11(9-22)17(24)20(19,25)26-14/h10-12,14,17,21-22,24-25H,4-9H2,1-3H3/t10-,11+,12+,14+,17+,18-,19+,20+/m0/s1. The number of ketones is 1. The van der Waals surface area contributed by atoms with Gasteiger partial charge in [-0.2, -0.15) is 0 Å². The Morgan fingerprint density at radius 3 is 2.58 bits per heavy atom. The van der Waals surface area contributed by atoms with Crippen LogP contribution in [0.25, 0.3) is 0 Å². The molecule has 0 amide bonds. The number of Topliss-reactive ketones (excluding diaryl/α,β-unsaturated/α-hetero) is 1. The normalized spacial score (nSPS) is 51.4. The summed E-state index contributed by atoms with van der Waals surface area (Å²) in [5.41, 5.74) is 0.778. The molecule has 2 aliphatic carbocycles. The van der Waals surface area contributed by atoms with Gasteiger partial charge in [0.1, 0.15) is 6.10 Å². The second-order valence-corrected chi connectivity index (χ2v) is 9.42. The minimum atomic E-state index is -1.72. The lowest BCUT2D eigenvalue weighted by atomic mass is 9.52. The highest BCUT2D eigenvalue weighted by Crippen LogP contribution is 2.68. The van der Waals surface area contributed by atoms with Crippen LogP contribution in [0.1, 0.15) is 46.5 Å². The van der Waals surface area contributed by atoms with Crippen molar-refractivity contribution < 1.29 is 30.0 Å². The molecule has 0 radical (unpaired) electrons. The number of carbonyl (C=O) groups excluding carboxylic acids is 1. The van der Waals surface area contributed by atoms with E-state index in [2.05, 4.69) is 6.92 Å². The molecule has 26 heavy (non-hydrogen) atoms. The molecule has 1 saturated carbocycles. The third-order valence-electron chi connectivity index (χ3n) is 7.98. The molecular weight excluding hydrogens is 336 g/mol. The fraction of sp³-hybridized carbons (Fsp3) is 0.850. The highest BCUT2D eigenvalue weighted by atomic mass is 16.7. The van der Waals surface area contributed by atoms with Crippen molar-refractivity contribution in [2.45, 2.75) is 64.4 Å². The van der Waals surface area contributed by atoms with Crippen LogP contribution in [0, 0.1) is 28.6 Å². The summed E-state index contributed by atoms with van der Waals surface area (Å²) in [6.07, 6.45) is 0.813. The van der Waals surface area contributed by atoms with Gasteiger partial charge in [0.05, 0.1) is 12.7 Å². The zero-order valence-corrected chi connectivity index (χ0v) is 15.7. The summed E-state index contributed by atoms with van der Waals surface area (Å²) in [4.78, 5) is 12.8. The predicted octanol–water partition coefficient (Wildman–Crippen LogP) is 0.767. The van der Waals surface area contributed by atoms with Gasteiger partial charge in [-0.15, -0.1) is 0 Å². The number of ether oxygens (including phenoxy) is 1. The first-order valence-corrected chi connectivity index (χ1v) is 9.70. The second kappa shape index (κ2) is 5.61. The van der Waals surface area contributed by atoms with E-state index in [9.17, 15) is 25.2 Å². The van der Waals surface area contributed by atoms with E-state index in [0.29, 0.717) is 24.8 Å². The van der Waals surface area contributed by atoms with E-state index in [-0.39, 0.29) is 36.2 Å².